The fraction of sp³-hybridized carbons (Fsp3) is 0.244. The van der Waals surface area contributed by atoms with Crippen LogP contribution in [0, 0.1) is 25.0 Å². The normalized spacial score (nSPS) is 11.5. The third kappa shape index (κ3) is 8.41. The second-order valence-corrected chi connectivity index (χ2v) is 20.8. The summed E-state index contributed by atoms with van der Waals surface area (Å²) in [5.74, 6) is 1.15. The van der Waals surface area contributed by atoms with Gasteiger partial charge in [0.2, 0.25) is 0 Å². The summed E-state index contributed by atoms with van der Waals surface area (Å²) in [4.78, 5) is 9.44. The van der Waals surface area contributed by atoms with Gasteiger partial charge in [0.15, 0.2) is 0 Å². The summed E-state index contributed by atoms with van der Waals surface area (Å²) in [7, 11) is -1.34. The maximum Gasteiger partial charge on any atom is 0.0798 e. The van der Waals surface area contributed by atoms with Crippen molar-refractivity contribution in [2.75, 3.05) is 0 Å². The van der Waals surface area contributed by atoms with Gasteiger partial charge in [0.1, 0.15) is 0 Å². The Balaban J connectivity index is 0.000000204. The molecule has 0 unspecified atom stereocenters. The van der Waals surface area contributed by atoms with Gasteiger partial charge >= 0.3 is 0 Å². The molecule has 7 rings (SSSR count). The average molecular weight is 867 g/mol. The molecular formula is C45H46IrN2SSi-2. The van der Waals surface area contributed by atoms with E-state index in [9.17, 15) is 0 Å². The molecule has 0 N–H and O–H groups in total. The average Bonchev–Trinajstić information content (AvgIpc) is 3.47. The van der Waals surface area contributed by atoms with E-state index in [0.29, 0.717) is 11.8 Å². The SMILES string of the molecule is CC(C)Cc1cc(-c2[c-]cccc2)ncc1[Si](C)(C)C.Cc1cnc(-c2[c-]ccc3c2sc2ccc(-c4ccccc4)cc23)cc1C(C)C.[Ir]. The summed E-state index contributed by atoms with van der Waals surface area (Å²) < 4.78 is 2.57. The topological polar surface area (TPSA) is 25.8 Å². The molecule has 2 nitrogen and oxygen atoms in total. The Hall–Kier alpha value is -3.73. The van der Waals surface area contributed by atoms with Crippen LogP contribution in [0.25, 0.3) is 53.8 Å². The summed E-state index contributed by atoms with van der Waals surface area (Å²) in [5.41, 5.74) is 10.8. The Morgan fingerprint density at radius 3 is 2.14 bits per heavy atom. The Bertz CT molecular complexity index is 2200. The molecule has 5 heteroatoms. The van der Waals surface area contributed by atoms with E-state index >= 15 is 0 Å². The van der Waals surface area contributed by atoms with Crippen molar-refractivity contribution >= 4 is 44.8 Å². The van der Waals surface area contributed by atoms with Crippen LogP contribution in [0.4, 0.5) is 0 Å². The van der Waals surface area contributed by atoms with Crippen LogP contribution >= 0.6 is 11.3 Å². The number of hydrogen-bond acceptors (Lipinski definition) is 3. The van der Waals surface area contributed by atoms with Gasteiger partial charge in [-0.2, -0.15) is 11.3 Å². The van der Waals surface area contributed by atoms with Gasteiger partial charge in [0.05, 0.1) is 8.07 Å². The number of benzene rings is 4. The zero-order chi connectivity index (χ0) is 34.7. The molecule has 0 saturated carbocycles. The predicted octanol–water partition coefficient (Wildman–Crippen LogP) is 12.3. The van der Waals surface area contributed by atoms with Crippen molar-refractivity contribution in [3.8, 4) is 33.6 Å². The second kappa shape index (κ2) is 16.1. The quantitative estimate of drug-likeness (QED) is 0.118. The number of hydrogen-bond donors (Lipinski definition) is 0. The van der Waals surface area contributed by atoms with Gasteiger partial charge < -0.3 is 9.97 Å². The fourth-order valence-corrected chi connectivity index (χ4v) is 9.30. The van der Waals surface area contributed by atoms with E-state index in [1.54, 1.807) is 0 Å². The molecule has 0 aliphatic heterocycles. The number of thiophene rings is 1. The first-order valence-corrected chi connectivity index (χ1v) is 21.7. The monoisotopic (exact) mass is 867 g/mol. The standard InChI is InChI=1S/C27H22NS.C18H24NSi.Ir/c1-17(2)23-15-25(28-16-18(23)3)22-11-7-10-21-24-14-20(19-8-5-4-6-9-19)12-13-26(24)29-27(21)22;1-14(2)11-16-12-17(15-9-7-6-8-10-15)19-13-18(16)20(3,4)5;/h4-10,12-17H,1-3H3;6-9,12-14H,11H2,1-5H3;/q2*-1;. The van der Waals surface area contributed by atoms with E-state index < -0.39 is 8.07 Å². The maximum atomic E-state index is 4.75. The zero-order valence-electron chi connectivity index (χ0n) is 30.4. The summed E-state index contributed by atoms with van der Waals surface area (Å²) in [6.45, 7) is 18.3. The number of fused-ring (bicyclic) bond motifs is 3. The molecule has 7 aromatic rings. The molecular weight excluding hydrogens is 821 g/mol. The number of aryl methyl sites for hydroxylation is 1. The van der Waals surface area contributed by atoms with Crippen molar-refractivity contribution < 1.29 is 20.1 Å². The molecule has 3 heterocycles. The molecule has 0 atom stereocenters. The summed E-state index contributed by atoms with van der Waals surface area (Å²) in [6, 6.07) is 40.9. The van der Waals surface area contributed by atoms with Crippen molar-refractivity contribution in [2.45, 2.75) is 66.6 Å². The Labute approximate surface area is 317 Å². The summed E-state index contributed by atoms with van der Waals surface area (Å²) >= 11 is 1.83. The Morgan fingerprint density at radius 2 is 1.46 bits per heavy atom. The van der Waals surface area contributed by atoms with E-state index in [0.717, 1.165) is 28.9 Å². The second-order valence-electron chi connectivity index (χ2n) is 14.7. The molecule has 1 radical (unpaired) electrons. The number of pyridine rings is 2. The van der Waals surface area contributed by atoms with Crippen LogP contribution in [-0.2, 0) is 26.5 Å². The van der Waals surface area contributed by atoms with Crippen molar-refractivity contribution in [3.63, 3.8) is 0 Å². The summed E-state index contributed by atoms with van der Waals surface area (Å²) in [5, 5.41) is 4.08. The number of aromatic nitrogens is 2. The third-order valence-electron chi connectivity index (χ3n) is 8.97. The van der Waals surface area contributed by atoms with Crippen molar-refractivity contribution in [2.24, 2.45) is 5.92 Å². The molecule has 0 amide bonds. The van der Waals surface area contributed by atoms with Gasteiger partial charge in [0.25, 0.3) is 0 Å². The molecule has 257 valence electrons. The zero-order valence-corrected chi connectivity index (χ0v) is 34.6. The maximum absolute atomic E-state index is 4.75. The van der Waals surface area contributed by atoms with Crippen LogP contribution in [-0.4, -0.2) is 18.0 Å². The van der Waals surface area contributed by atoms with Crippen LogP contribution in [0.15, 0.2) is 109 Å². The van der Waals surface area contributed by atoms with Crippen LogP contribution < -0.4 is 5.19 Å². The van der Waals surface area contributed by atoms with Crippen molar-refractivity contribution in [1.29, 1.82) is 0 Å². The van der Waals surface area contributed by atoms with Gasteiger partial charge in [0, 0.05) is 37.2 Å². The molecule has 0 aliphatic carbocycles. The van der Waals surface area contributed by atoms with Gasteiger partial charge in [-0.15, -0.1) is 59.7 Å². The minimum Gasteiger partial charge on any atom is -0.305 e. The molecule has 50 heavy (non-hydrogen) atoms. The van der Waals surface area contributed by atoms with E-state index in [1.165, 1.54) is 53.2 Å². The van der Waals surface area contributed by atoms with Gasteiger partial charge in [-0.05, 0) is 86.2 Å². The van der Waals surface area contributed by atoms with Gasteiger partial charge in [-0.1, -0.05) is 107 Å². The molecule has 0 fully saturated rings. The predicted molar refractivity (Wildman–Crippen MR) is 216 cm³/mol. The Kier molecular flexibility index (Phi) is 12.1. The van der Waals surface area contributed by atoms with E-state index in [-0.39, 0.29) is 20.1 Å². The number of nitrogens with zero attached hydrogens (tertiary/aromatic N) is 2. The molecule has 0 aliphatic rings. The third-order valence-corrected chi connectivity index (χ3v) is 12.2. The molecule has 4 aromatic carbocycles. The largest absolute Gasteiger partial charge is 0.305 e. The molecule has 0 bridgehead atoms. The Morgan fingerprint density at radius 1 is 0.720 bits per heavy atom. The van der Waals surface area contributed by atoms with Crippen LogP contribution in [0.2, 0.25) is 19.6 Å². The first-order chi connectivity index (χ1) is 23.5. The first-order valence-electron chi connectivity index (χ1n) is 17.4. The minimum atomic E-state index is -1.34. The van der Waals surface area contributed by atoms with Crippen LogP contribution in [0.3, 0.4) is 0 Å². The van der Waals surface area contributed by atoms with E-state index in [1.807, 2.05) is 41.8 Å². The minimum absolute atomic E-state index is 0. The smallest absolute Gasteiger partial charge is 0.0798 e. The fourth-order valence-electron chi connectivity index (χ4n) is 6.52. The van der Waals surface area contributed by atoms with Crippen LogP contribution in [0.5, 0.6) is 0 Å². The molecule has 0 spiro atoms. The summed E-state index contributed by atoms with van der Waals surface area (Å²) in [6.07, 6.45) is 5.24. The van der Waals surface area contributed by atoms with Gasteiger partial charge in [-0.25, -0.2) is 0 Å². The molecule has 3 aromatic heterocycles. The van der Waals surface area contributed by atoms with Gasteiger partial charge in [-0.3, -0.25) is 0 Å². The molecule has 0 saturated heterocycles. The van der Waals surface area contributed by atoms with Crippen molar-refractivity contribution in [1.82, 2.24) is 9.97 Å². The number of rotatable bonds is 7. The van der Waals surface area contributed by atoms with E-state index in [2.05, 4.69) is 150 Å². The van der Waals surface area contributed by atoms with Crippen molar-refractivity contribution in [3.05, 3.63) is 138 Å². The van der Waals surface area contributed by atoms with Crippen LogP contribution in [0.1, 0.15) is 50.3 Å². The van der Waals surface area contributed by atoms with E-state index in [4.69, 9.17) is 4.98 Å². The first kappa shape index (κ1) is 37.5.